The van der Waals surface area contributed by atoms with Crippen molar-refractivity contribution in [3.63, 3.8) is 0 Å². The van der Waals surface area contributed by atoms with Gasteiger partial charge in [0.15, 0.2) is 12.0 Å². The van der Waals surface area contributed by atoms with Crippen LogP contribution < -0.4 is 5.32 Å². The van der Waals surface area contributed by atoms with Crippen LogP contribution in [-0.4, -0.2) is 42.0 Å². The number of hydrogen-bond donors (Lipinski definition) is 1. The molecule has 0 aromatic heterocycles. The van der Waals surface area contributed by atoms with E-state index in [1.165, 1.54) is 95.7 Å². The molecule has 180 valence electrons. The van der Waals surface area contributed by atoms with Crippen molar-refractivity contribution in [3.05, 3.63) is 12.2 Å². The predicted molar refractivity (Wildman–Crippen MR) is 135 cm³/mol. The first kappa shape index (κ1) is 27.9. The van der Waals surface area contributed by atoms with Crippen molar-refractivity contribution in [2.45, 2.75) is 130 Å². The monoisotopic (exact) mass is 434 g/mol. The van der Waals surface area contributed by atoms with E-state index in [1.54, 1.807) is 6.92 Å². The summed E-state index contributed by atoms with van der Waals surface area (Å²) in [6, 6.07) is 0. The second-order valence-corrected chi connectivity index (χ2v) is 9.44. The van der Waals surface area contributed by atoms with Crippen molar-refractivity contribution in [1.82, 2.24) is 5.32 Å². The number of nitrogens with zero attached hydrogens (tertiary/aromatic N) is 2. The zero-order valence-electron chi connectivity index (χ0n) is 21.3. The van der Waals surface area contributed by atoms with Crippen molar-refractivity contribution in [2.24, 2.45) is 4.99 Å². The fraction of sp³-hybridized carbons (Fsp3) is 0.852. The van der Waals surface area contributed by atoms with E-state index in [1.807, 2.05) is 0 Å². The fourth-order valence-electron chi connectivity index (χ4n) is 4.91. The first-order valence-corrected chi connectivity index (χ1v) is 13.4. The standard InChI is InChI=1S/C27H51N3O/c1-5-7-8-9-10-11-12-13-14-15-16-17-18-19-20-21-22-27-28-23-24-30(27,6-2)25(3)29-26(4)31/h16-17,25H,5-15,18-24H2,1-4H3/p+1/b17-16+. The highest BCUT2D eigenvalue weighted by Gasteiger charge is 2.41. The summed E-state index contributed by atoms with van der Waals surface area (Å²) >= 11 is 0. The van der Waals surface area contributed by atoms with Gasteiger partial charge in [-0.3, -0.25) is 9.28 Å². The zero-order valence-corrected chi connectivity index (χ0v) is 21.3. The van der Waals surface area contributed by atoms with Crippen LogP contribution in [-0.2, 0) is 4.79 Å². The molecule has 2 unspecified atom stereocenters. The molecule has 0 saturated heterocycles. The molecule has 1 amide bonds. The van der Waals surface area contributed by atoms with Crippen LogP contribution in [0.15, 0.2) is 17.1 Å². The molecule has 1 N–H and O–H groups in total. The molecule has 1 rings (SSSR count). The van der Waals surface area contributed by atoms with Gasteiger partial charge in [-0.2, -0.15) is 0 Å². The van der Waals surface area contributed by atoms with Gasteiger partial charge in [0.05, 0.1) is 13.1 Å². The lowest BCUT2D eigenvalue weighted by molar-refractivity contribution is -0.861. The molecular formula is C27H52N3O+. The molecule has 0 fully saturated rings. The molecule has 4 nitrogen and oxygen atoms in total. The number of carbonyl (C=O) groups excluding carboxylic acids is 1. The first-order chi connectivity index (χ1) is 15.1. The number of rotatable bonds is 19. The number of amides is 1. The Morgan fingerprint density at radius 1 is 0.935 bits per heavy atom. The van der Waals surface area contributed by atoms with Crippen LogP contribution in [0.1, 0.15) is 124 Å². The highest BCUT2D eigenvalue weighted by atomic mass is 16.1. The third-order valence-electron chi connectivity index (χ3n) is 6.94. The summed E-state index contributed by atoms with van der Waals surface area (Å²) in [6.07, 6.45) is 24.9. The van der Waals surface area contributed by atoms with Gasteiger partial charge in [0.2, 0.25) is 5.91 Å². The van der Waals surface area contributed by atoms with Gasteiger partial charge in [0.25, 0.3) is 0 Å². The van der Waals surface area contributed by atoms with Crippen LogP contribution in [0.25, 0.3) is 0 Å². The normalized spacial score (nSPS) is 19.7. The Morgan fingerprint density at radius 2 is 1.48 bits per heavy atom. The maximum atomic E-state index is 11.5. The number of nitrogens with one attached hydrogen (secondary N) is 1. The molecule has 1 aliphatic heterocycles. The summed E-state index contributed by atoms with van der Waals surface area (Å²) in [7, 11) is 0. The number of quaternary nitrogens is 1. The molecular weight excluding hydrogens is 382 g/mol. The second-order valence-electron chi connectivity index (χ2n) is 9.44. The predicted octanol–water partition coefficient (Wildman–Crippen LogP) is 7.14. The van der Waals surface area contributed by atoms with Crippen LogP contribution >= 0.6 is 0 Å². The van der Waals surface area contributed by atoms with Crippen molar-refractivity contribution in [2.75, 3.05) is 19.6 Å². The molecule has 0 bridgehead atoms. The Balaban J connectivity index is 2.06. The molecule has 0 spiro atoms. The molecule has 1 aliphatic rings. The molecule has 2 atom stereocenters. The van der Waals surface area contributed by atoms with Crippen LogP contribution in [0.2, 0.25) is 0 Å². The summed E-state index contributed by atoms with van der Waals surface area (Å²) in [5.74, 6) is 1.35. The van der Waals surface area contributed by atoms with E-state index < -0.39 is 0 Å². The molecule has 1 heterocycles. The van der Waals surface area contributed by atoms with Crippen molar-refractivity contribution in [3.8, 4) is 0 Å². The van der Waals surface area contributed by atoms with Crippen molar-refractivity contribution >= 4 is 11.7 Å². The van der Waals surface area contributed by atoms with E-state index >= 15 is 0 Å². The van der Waals surface area contributed by atoms with Gasteiger partial charge in [0.1, 0.15) is 6.54 Å². The lowest BCUT2D eigenvalue weighted by atomic mass is 10.1. The van der Waals surface area contributed by atoms with E-state index in [-0.39, 0.29) is 12.1 Å². The maximum absolute atomic E-state index is 11.5. The number of aliphatic imine (C=N–C) groups is 1. The van der Waals surface area contributed by atoms with Gasteiger partial charge in [0, 0.05) is 20.3 Å². The number of carbonyl (C=O) groups is 1. The van der Waals surface area contributed by atoms with Gasteiger partial charge in [-0.05, 0) is 39.0 Å². The quantitative estimate of drug-likeness (QED) is 0.131. The van der Waals surface area contributed by atoms with E-state index in [4.69, 9.17) is 4.99 Å². The number of unbranched alkanes of at least 4 members (excludes halogenated alkanes) is 12. The Hall–Kier alpha value is -1.16. The van der Waals surface area contributed by atoms with Gasteiger partial charge >= 0.3 is 0 Å². The van der Waals surface area contributed by atoms with Crippen molar-refractivity contribution < 1.29 is 9.28 Å². The lowest BCUT2D eigenvalue weighted by Gasteiger charge is -2.39. The Kier molecular flexibility index (Phi) is 15.6. The second kappa shape index (κ2) is 17.4. The largest absolute Gasteiger partial charge is 0.307 e. The van der Waals surface area contributed by atoms with Crippen molar-refractivity contribution in [1.29, 1.82) is 0 Å². The van der Waals surface area contributed by atoms with Gasteiger partial charge in [-0.25, -0.2) is 4.99 Å². The molecule has 31 heavy (non-hydrogen) atoms. The third kappa shape index (κ3) is 11.3. The average Bonchev–Trinajstić information content (AvgIpc) is 3.17. The minimum Gasteiger partial charge on any atom is -0.307 e. The first-order valence-electron chi connectivity index (χ1n) is 13.4. The number of amidine groups is 1. The van der Waals surface area contributed by atoms with E-state index in [9.17, 15) is 4.79 Å². The van der Waals surface area contributed by atoms with Crippen LogP contribution in [0.4, 0.5) is 0 Å². The van der Waals surface area contributed by atoms with Gasteiger partial charge in [-0.1, -0.05) is 76.9 Å². The molecule has 0 aromatic rings. The molecule has 4 heteroatoms. The molecule has 0 saturated carbocycles. The summed E-state index contributed by atoms with van der Waals surface area (Å²) in [4.78, 5) is 16.3. The highest BCUT2D eigenvalue weighted by Crippen LogP contribution is 2.23. The minimum atomic E-state index is 0.0545. The van der Waals surface area contributed by atoms with Crippen LogP contribution in [0.5, 0.6) is 0 Å². The SMILES string of the molecule is CCCCCCCCCCC/C=C/CCCCCC1=NCC[N+]1(CC)C(C)NC(C)=O. The summed E-state index contributed by atoms with van der Waals surface area (Å²) in [6.45, 7) is 11.2. The van der Waals surface area contributed by atoms with Gasteiger partial charge in [-0.15, -0.1) is 0 Å². The summed E-state index contributed by atoms with van der Waals surface area (Å²) in [5, 5.41) is 3.11. The maximum Gasteiger partial charge on any atom is 0.221 e. The molecule has 0 aromatic carbocycles. The van der Waals surface area contributed by atoms with E-state index in [2.05, 4.69) is 38.2 Å². The Labute approximate surface area is 193 Å². The Bertz CT molecular complexity index is 529. The number of likely N-dealkylation sites (N-methyl/N-ethyl adjacent to an activating group) is 1. The Morgan fingerprint density at radius 3 is 2.03 bits per heavy atom. The lowest BCUT2D eigenvalue weighted by Crippen LogP contribution is -2.62. The summed E-state index contributed by atoms with van der Waals surface area (Å²) in [5.41, 5.74) is 0. The number of allylic oxidation sites excluding steroid dienone is 2. The van der Waals surface area contributed by atoms with E-state index in [0.717, 1.165) is 30.5 Å². The molecule has 0 radical (unpaired) electrons. The van der Waals surface area contributed by atoms with Gasteiger partial charge < -0.3 is 5.32 Å². The third-order valence-corrected chi connectivity index (χ3v) is 6.94. The highest BCUT2D eigenvalue weighted by molar-refractivity contribution is 5.78. The van der Waals surface area contributed by atoms with Crippen LogP contribution in [0.3, 0.4) is 0 Å². The summed E-state index contributed by atoms with van der Waals surface area (Å²) < 4.78 is 0.845. The minimum absolute atomic E-state index is 0.0545. The topological polar surface area (TPSA) is 41.5 Å². The average molecular weight is 435 g/mol. The zero-order chi connectivity index (χ0) is 22.8. The smallest absolute Gasteiger partial charge is 0.221 e. The number of hydrogen-bond acceptors (Lipinski definition) is 2. The molecule has 0 aliphatic carbocycles. The van der Waals surface area contributed by atoms with E-state index in [0.29, 0.717) is 0 Å². The van der Waals surface area contributed by atoms with Crippen LogP contribution in [0, 0.1) is 0 Å². The fourth-order valence-corrected chi connectivity index (χ4v) is 4.91.